The number of aryl methyl sites for hydroxylation is 1. The van der Waals surface area contributed by atoms with Crippen LogP contribution < -0.4 is 0 Å². The monoisotopic (exact) mass is 358 g/mol. The Kier molecular flexibility index (Phi) is 6.36. The first-order valence-corrected chi connectivity index (χ1v) is 10.2. The highest BCUT2D eigenvalue weighted by Crippen LogP contribution is 2.23. The molecule has 0 aliphatic carbocycles. The minimum absolute atomic E-state index is 0.188. The number of piperidine rings is 1. The summed E-state index contributed by atoms with van der Waals surface area (Å²) >= 11 is 0. The van der Waals surface area contributed by atoms with Gasteiger partial charge in [0.25, 0.3) is 0 Å². The van der Waals surface area contributed by atoms with Gasteiger partial charge in [0.15, 0.2) is 0 Å². The van der Waals surface area contributed by atoms with Gasteiger partial charge in [-0.1, -0.05) is 24.3 Å². The normalized spacial score (nSPS) is 22.0. The molecule has 1 aromatic carbocycles. The van der Waals surface area contributed by atoms with Gasteiger partial charge in [-0.3, -0.25) is 9.69 Å². The van der Waals surface area contributed by atoms with Crippen LogP contribution in [-0.4, -0.2) is 52.6 Å². The zero-order valence-electron chi connectivity index (χ0n) is 16.4. The standard InChI is InChI=1S/C22H34N2O2/c1-22(2,26)12-11-18-7-9-19(10-8-18)16-23-13-5-6-20(17-23)21(25)24-14-3-4-15-24/h7-10,20,26H,3-6,11-17H2,1-2H3/t20-/m0/s1. The van der Waals surface area contributed by atoms with Crippen LogP contribution in [0.5, 0.6) is 0 Å². The van der Waals surface area contributed by atoms with Crippen LogP contribution in [0.3, 0.4) is 0 Å². The van der Waals surface area contributed by atoms with Gasteiger partial charge in [0.1, 0.15) is 0 Å². The maximum absolute atomic E-state index is 12.7. The van der Waals surface area contributed by atoms with Crippen LogP contribution in [0, 0.1) is 5.92 Å². The number of amides is 1. The second kappa shape index (κ2) is 8.53. The molecule has 1 atom stereocenters. The van der Waals surface area contributed by atoms with Gasteiger partial charge >= 0.3 is 0 Å². The van der Waals surface area contributed by atoms with Crippen molar-refractivity contribution in [3.05, 3.63) is 35.4 Å². The summed E-state index contributed by atoms with van der Waals surface area (Å²) in [5.41, 5.74) is 1.98. The molecular formula is C22H34N2O2. The van der Waals surface area contributed by atoms with Crippen LogP contribution in [-0.2, 0) is 17.8 Å². The molecule has 0 radical (unpaired) electrons. The molecule has 2 aliphatic heterocycles. The first kappa shape index (κ1) is 19.4. The van der Waals surface area contributed by atoms with Crippen molar-refractivity contribution < 1.29 is 9.90 Å². The highest BCUT2D eigenvalue weighted by molar-refractivity contribution is 5.79. The minimum atomic E-state index is -0.608. The predicted octanol–water partition coefficient (Wildman–Crippen LogP) is 3.22. The van der Waals surface area contributed by atoms with Crippen LogP contribution in [0.15, 0.2) is 24.3 Å². The van der Waals surface area contributed by atoms with Gasteiger partial charge in [0.05, 0.1) is 11.5 Å². The lowest BCUT2D eigenvalue weighted by Crippen LogP contribution is -2.43. The number of aliphatic hydroxyl groups is 1. The van der Waals surface area contributed by atoms with Gasteiger partial charge in [-0.05, 0) is 70.0 Å². The van der Waals surface area contributed by atoms with Crippen molar-refractivity contribution >= 4 is 5.91 Å². The van der Waals surface area contributed by atoms with Crippen LogP contribution >= 0.6 is 0 Å². The Morgan fingerprint density at radius 1 is 1.08 bits per heavy atom. The van der Waals surface area contributed by atoms with Crippen LogP contribution in [0.1, 0.15) is 57.1 Å². The zero-order valence-corrected chi connectivity index (χ0v) is 16.4. The van der Waals surface area contributed by atoms with E-state index < -0.39 is 5.60 Å². The van der Waals surface area contributed by atoms with E-state index in [1.807, 2.05) is 13.8 Å². The molecule has 1 N–H and O–H groups in total. The van der Waals surface area contributed by atoms with E-state index in [4.69, 9.17) is 0 Å². The first-order chi connectivity index (χ1) is 12.4. The third-order valence-corrected chi connectivity index (χ3v) is 5.73. The summed E-state index contributed by atoms with van der Waals surface area (Å²) < 4.78 is 0. The van der Waals surface area contributed by atoms with E-state index in [-0.39, 0.29) is 5.92 Å². The van der Waals surface area contributed by atoms with E-state index in [0.717, 1.165) is 58.4 Å². The molecule has 2 fully saturated rings. The van der Waals surface area contributed by atoms with Gasteiger partial charge in [0, 0.05) is 26.2 Å². The Labute approximate surface area is 158 Å². The smallest absolute Gasteiger partial charge is 0.226 e. The number of benzene rings is 1. The molecule has 0 saturated carbocycles. The Bertz CT molecular complexity index is 585. The lowest BCUT2D eigenvalue weighted by molar-refractivity contribution is -0.136. The predicted molar refractivity (Wildman–Crippen MR) is 105 cm³/mol. The lowest BCUT2D eigenvalue weighted by Gasteiger charge is -2.34. The molecule has 2 saturated heterocycles. The number of likely N-dealkylation sites (tertiary alicyclic amines) is 2. The molecule has 4 nitrogen and oxygen atoms in total. The maximum Gasteiger partial charge on any atom is 0.226 e. The summed E-state index contributed by atoms with van der Waals surface area (Å²) in [7, 11) is 0. The second-order valence-corrected chi connectivity index (χ2v) is 8.74. The number of hydrogen-bond donors (Lipinski definition) is 1. The Balaban J connectivity index is 1.51. The Hall–Kier alpha value is -1.39. The number of nitrogens with zero attached hydrogens (tertiary/aromatic N) is 2. The summed E-state index contributed by atoms with van der Waals surface area (Å²) in [5, 5.41) is 9.86. The molecule has 0 bridgehead atoms. The van der Waals surface area contributed by atoms with Gasteiger partial charge in [-0.25, -0.2) is 0 Å². The van der Waals surface area contributed by atoms with E-state index in [2.05, 4.69) is 34.1 Å². The fourth-order valence-electron chi connectivity index (χ4n) is 4.12. The molecule has 3 rings (SSSR count). The minimum Gasteiger partial charge on any atom is -0.390 e. The van der Waals surface area contributed by atoms with Crippen molar-refractivity contribution in [1.82, 2.24) is 9.80 Å². The van der Waals surface area contributed by atoms with E-state index in [1.165, 1.54) is 24.0 Å². The average Bonchev–Trinajstić information content (AvgIpc) is 3.15. The van der Waals surface area contributed by atoms with E-state index >= 15 is 0 Å². The van der Waals surface area contributed by atoms with E-state index in [0.29, 0.717) is 5.91 Å². The van der Waals surface area contributed by atoms with Gasteiger partial charge in [-0.2, -0.15) is 0 Å². The lowest BCUT2D eigenvalue weighted by atomic mass is 9.95. The van der Waals surface area contributed by atoms with E-state index in [1.54, 1.807) is 0 Å². The zero-order chi connectivity index (χ0) is 18.6. The van der Waals surface area contributed by atoms with Gasteiger partial charge in [0.2, 0.25) is 5.91 Å². The quantitative estimate of drug-likeness (QED) is 0.849. The van der Waals surface area contributed by atoms with E-state index in [9.17, 15) is 9.90 Å². The highest BCUT2D eigenvalue weighted by atomic mass is 16.3. The topological polar surface area (TPSA) is 43.8 Å². The fourth-order valence-corrected chi connectivity index (χ4v) is 4.12. The summed E-state index contributed by atoms with van der Waals surface area (Å²) in [4.78, 5) is 17.2. The van der Waals surface area contributed by atoms with Crippen LogP contribution in [0.25, 0.3) is 0 Å². The molecule has 1 amide bonds. The second-order valence-electron chi connectivity index (χ2n) is 8.74. The van der Waals surface area contributed by atoms with Gasteiger partial charge in [-0.15, -0.1) is 0 Å². The number of carbonyl (C=O) groups excluding carboxylic acids is 1. The molecule has 0 aromatic heterocycles. The van der Waals surface area contributed by atoms with Crippen molar-refractivity contribution in [2.24, 2.45) is 5.92 Å². The highest BCUT2D eigenvalue weighted by Gasteiger charge is 2.30. The van der Waals surface area contributed by atoms with Gasteiger partial charge < -0.3 is 10.0 Å². The van der Waals surface area contributed by atoms with Crippen LogP contribution in [0.2, 0.25) is 0 Å². The molecule has 0 spiro atoms. The SMILES string of the molecule is CC(C)(O)CCc1ccc(CN2CCC[C@H](C(=O)N3CCCC3)C2)cc1. The summed E-state index contributed by atoms with van der Waals surface area (Å²) in [6.07, 6.45) is 6.18. The number of rotatable bonds is 6. The molecular weight excluding hydrogens is 324 g/mol. The molecule has 4 heteroatoms. The average molecular weight is 359 g/mol. The number of hydrogen-bond acceptors (Lipinski definition) is 3. The Morgan fingerprint density at radius 3 is 2.38 bits per heavy atom. The third kappa shape index (κ3) is 5.55. The van der Waals surface area contributed by atoms with Crippen molar-refractivity contribution in [1.29, 1.82) is 0 Å². The van der Waals surface area contributed by atoms with Crippen molar-refractivity contribution in [2.75, 3.05) is 26.2 Å². The van der Waals surface area contributed by atoms with Crippen molar-refractivity contribution in [3.8, 4) is 0 Å². The molecule has 144 valence electrons. The summed E-state index contributed by atoms with van der Waals surface area (Å²) in [6.45, 7) is 8.55. The molecule has 26 heavy (non-hydrogen) atoms. The molecule has 0 unspecified atom stereocenters. The number of carbonyl (C=O) groups is 1. The fraction of sp³-hybridized carbons (Fsp3) is 0.682. The van der Waals surface area contributed by atoms with Crippen molar-refractivity contribution in [2.45, 2.75) is 64.5 Å². The largest absolute Gasteiger partial charge is 0.390 e. The van der Waals surface area contributed by atoms with Crippen molar-refractivity contribution in [3.63, 3.8) is 0 Å². The molecule has 2 heterocycles. The molecule has 1 aromatic rings. The third-order valence-electron chi connectivity index (χ3n) is 5.73. The summed E-state index contributed by atoms with van der Waals surface area (Å²) in [6, 6.07) is 8.76. The molecule has 2 aliphatic rings. The van der Waals surface area contributed by atoms with Crippen LogP contribution in [0.4, 0.5) is 0 Å². The first-order valence-electron chi connectivity index (χ1n) is 10.2. The summed E-state index contributed by atoms with van der Waals surface area (Å²) in [5.74, 6) is 0.571. The Morgan fingerprint density at radius 2 is 1.73 bits per heavy atom. The maximum atomic E-state index is 12.7.